The van der Waals surface area contributed by atoms with Crippen LogP contribution in [0.3, 0.4) is 0 Å². The number of rotatable bonds is 3. The van der Waals surface area contributed by atoms with Crippen LogP contribution in [0.15, 0.2) is 33.8 Å². The lowest BCUT2D eigenvalue weighted by Crippen LogP contribution is -2.41. The number of pyridine rings is 1. The number of carbonyl (C=O) groups is 1. The maximum Gasteiger partial charge on any atom is 0.262 e. The van der Waals surface area contributed by atoms with Gasteiger partial charge in [-0.05, 0) is 25.0 Å². The Morgan fingerprint density at radius 2 is 2.10 bits per heavy atom. The van der Waals surface area contributed by atoms with Gasteiger partial charge in [0.1, 0.15) is 12.1 Å². The van der Waals surface area contributed by atoms with Crippen LogP contribution in [0.2, 0.25) is 0 Å². The SMILES string of the molecule is CN(C(=O)Cn1ccc2occc2c1=O)C1CCCCC1. The molecule has 0 aromatic carbocycles. The van der Waals surface area contributed by atoms with Crippen LogP contribution in [0.4, 0.5) is 0 Å². The van der Waals surface area contributed by atoms with Gasteiger partial charge in [-0.25, -0.2) is 0 Å². The zero-order valence-electron chi connectivity index (χ0n) is 12.2. The van der Waals surface area contributed by atoms with Crippen molar-refractivity contribution in [3.8, 4) is 0 Å². The van der Waals surface area contributed by atoms with Crippen molar-refractivity contribution in [1.29, 1.82) is 0 Å². The predicted octanol–water partition coefficient (Wildman–Crippen LogP) is 2.39. The number of amides is 1. The van der Waals surface area contributed by atoms with Crippen molar-refractivity contribution in [3.05, 3.63) is 34.9 Å². The zero-order chi connectivity index (χ0) is 14.8. The monoisotopic (exact) mass is 288 g/mol. The van der Waals surface area contributed by atoms with Gasteiger partial charge >= 0.3 is 0 Å². The first kappa shape index (κ1) is 13.9. The second kappa shape index (κ2) is 5.76. The van der Waals surface area contributed by atoms with E-state index in [1.165, 1.54) is 30.1 Å². The summed E-state index contributed by atoms with van der Waals surface area (Å²) in [5.41, 5.74) is 0.385. The van der Waals surface area contributed by atoms with Crippen molar-refractivity contribution >= 4 is 16.9 Å². The van der Waals surface area contributed by atoms with E-state index in [1.54, 1.807) is 18.3 Å². The zero-order valence-corrected chi connectivity index (χ0v) is 12.2. The van der Waals surface area contributed by atoms with E-state index in [0.29, 0.717) is 17.0 Å². The summed E-state index contributed by atoms with van der Waals surface area (Å²) >= 11 is 0. The molecule has 5 nitrogen and oxygen atoms in total. The highest BCUT2D eigenvalue weighted by molar-refractivity contribution is 5.78. The van der Waals surface area contributed by atoms with Crippen LogP contribution in [0, 0.1) is 0 Å². The molecule has 1 saturated carbocycles. The average molecular weight is 288 g/mol. The first-order chi connectivity index (χ1) is 10.2. The fourth-order valence-corrected chi connectivity index (χ4v) is 3.06. The predicted molar refractivity (Wildman–Crippen MR) is 80.1 cm³/mol. The molecular weight excluding hydrogens is 268 g/mol. The van der Waals surface area contributed by atoms with Gasteiger partial charge in [-0.15, -0.1) is 0 Å². The Morgan fingerprint density at radius 1 is 1.33 bits per heavy atom. The number of aromatic nitrogens is 1. The van der Waals surface area contributed by atoms with E-state index < -0.39 is 0 Å². The normalized spacial score (nSPS) is 16.2. The molecule has 3 rings (SSSR count). The van der Waals surface area contributed by atoms with Crippen LogP contribution in [0.5, 0.6) is 0 Å². The van der Waals surface area contributed by atoms with Crippen LogP contribution < -0.4 is 5.56 Å². The van der Waals surface area contributed by atoms with E-state index in [2.05, 4.69) is 0 Å². The lowest BCUT2D eigenvalue weighted by molar-refractivity contribution is -0.133. The topological polar surface area (TPSA) is 55.5 Å². The number of hydrogen-bond acceptors (Lipinski definition) is 3. The van der Waals surface area contributed by atoms with Crippen LogP contribution in [0.1, 0.15) is 32.1 Å². The molecule has 0 N–H and O–H groups in total. The molecule has 2 heterocycles. The number of likely N-dealkylation sites (N-methyl/N-ethyl adjacent to an activating group) is 1. The maximum atomic E-state index is 12.4. The smallest absolute Gasteiger partial charge is 0.262 e. The second-order valence-electron chi connectivity index (χ2n) is 5.74. The summed E-state index contributed by atoms with van der Waals surface area (Å²) in [6.07, 6.45) is 8.88. The molecule has 5 heteroatoms. The Morgan fingerprint density at radius 3 is 2.86 bits per heavy atom. The third kappa shape index (κ3) is 2.73. The Kier molecular flexibility index (Phi) is 3.82. The Labute approximate surface area is 123 Å². The van der Waals surface area contributed by atoms with Crippen LogP contribution in [-0.2, 0) is 11.3 Å². The van der Waals surface area contributed by atoms with Gasteiger partial charge in [0, 0.05) is 19.3 Å². The molecule has 1 aliphatic rings. The van der Waals surface area contributed by atoms with Gasteiger partial charge in [-0.3, -0.25) is 9.59 Å². The molecule has 1 fully saturated rings. The van der Waals surface area contributed by atoms with Crippen molar-refractivity contribution < 1.29 is 9.21 Å². The summed E-state index contributed by atoms with van der Waals surface area (Å²) < 4.78 is 6.65. The molecule has 0 atom stereocenters. The highest BCUT2D eigenvalue weighted by Gasteiger charge is 2.22. The van der Waals surface area contributed by atoms with Gasteiger partial charge in [0.2, 0.25) is 5.91 Å². The molecule has 0 aliphatic heterocycles. The lowest BCUT2D eigenvalue weighted by atomic mass is 9.94. The summed E-state index contributed by atoms with van der Waals surface area (Å²) in [5, 5.41) is 0.519. The number of furan rings is 1. The third-order valence-electron chi connectivity index (χ3n) is 4.41. The molecule has 21 heavy (non-hydrogen) atoms. The van der Waals surface area contributed by atoms with E-state index in [9.17, 15) is 9.59 Å². The standard InChI is InChI=1S/C16H20N2O3/c1-17(12-5-3-2-4-6-12)15(19)11-18-9-7-14-13(16(18)20)8-10-21-14/h7-10,12H,2-6,11H2,1H3. The number of hydrogen-bond donors (Lipinski definition) is 0. The Balaban J connectivity index is 1.76. The fraction of sp³-hybridized carbons (Fsp3) is 0.500. The lowest BCUT2D eigenvalue weighted by Gasteiger charge is -2.31. The van der Waals surface area contributed by atoms with Crippen molar-refractivity contribution in [3.63, 3.8) is 0 Å². The van der Waals surface area contributed by atoms with Gasteiger partial charge in [0.25, 0.3) is 5.56 Å². The van der Waals surface area contributed by atoms with Gasteiger partial charge < -0.3 is 13.9 Å². The molecule has 2 aromatic heterocycles. The second-order valence-corrected chi connectivity index (χ2v) is 5.74. The molecule has 0 spiro atoms. The first-order valence-corrected chi connectivity index (χ1v) is 7.49. The highest BCUT2D eigenvalue weighted by Crippen LogP contribution is 2.21. The summed E-state index contributed by atoms with van der Waals surface area (Å²) in [6.45, 7) is 0.0902. The molecule has 1 aliphatic carbocycles. The van der Waals surface area contributed by atoms with Gasteiger partial charge in [0.15, 0.2) is 0 Å². The van der Waals surface area contributed by atoms with E-state index in [0.717, 1.165) is 12.8 Å². The molecule has 0 bridgehead atoms. The van der Waals surface area contributed by atoms with Gasteiger partial charge in [0.05, 0.1) is 11.6 Å². The summed E-state index contributed by atoms with van der Waals surface area (Å²) in [7, 11) is 1.85. The van der Waals surface area contributed by atoms with Crippen molar-refractivity contribution in [2.75, 3.05) is 7.05 Å². The number of nitrogens with zero attached hydrogens (tertiary/aromatic N) is 2. The van der Waals surface area contributed by atoms with E-state index in [4.69, 9.17) is 4.42 Å². The third-order valence-corrected chi connectivity index (χ3v) is 4.41. The minimum Gasteiger partial charge on any atom is -0.464 e. The molecule has 0 saturated heterocycles. The van der Waals surface area contributed by atoms with Gasteiger partial charge in [-0.2, -0.15) is 0 Å². The summed E-state index contributed by atoms with van der Waals surface area (Å²) in [6, 6.07) is 3.69. The molecule has 2 aromatic rings. The molecule has 0 unspecified atom stereocenters. The summed E-state index contributed by atoms with van der Waals surface area (Å²) in [5.74, 6) is -0.00755. The van der Waals surface area contributed by atoms with E-state index in [1.807, 2.05) is 11.9 Å². The van der Waals surface area contributed by atoms with Crippen molar-refractivity contribution in [2.24, 2.45) is 0 Å². The van der Waals surface area contributed by atoms with Gasteiger partial charge in [-0.1, -0.05) is 19.3 Å². The highest BCUT2D eigenvalue weighted by atomic mass is 16.3. The Bertz CT molecular complexity index is 695. The van der Waals surface area contributed by atoms with Crippen LogP contribution >= 0.6 is 0 Å². The first-order valence-electron chi connectivity index (χ1n) is 7.49. The minimum absolute atomic E-state index is 0.00755. The quantitative estimate of drug-likeness (QED) is 0.871. The van der Waals surface area contributed by atoms with Crippen LogP contribution in [-0.4, -0.2) is 28.5 Å². The fourth-order valence-electron chi connectivity index (χ4n) is 3.06. The van der Waals surface area contributed by atoms with E-state index >= 15 is 0 Å². The average Bonchev–Trinajstić information content (AvgIpc) is 2.99. The molecular formula is C16H20N2O3. The maximum absolute atomic E-state index is 12.4. The van der Waals surface area contributed by atoms with Crippen molar-refractivity contribution in [2.45, 2.75) is 44.7 Å². The Hall–Kier alpha value is -2.04. The minimum atomic E-state index is -0.174. The number of carbonyl (C=O) groups excluding carboxylic acids is 1. The van der Waals surface area contributed by atoms with E-state index in [-0.39, 0.29) is 18.0 Å². The molecule has 112 valence electrons. The summed E-state index contributed by atoms with van der Waals surface area (Å²) in [4.78, 5) is 26.4. The molecule has 1 amide bonds. The van der Waals surface area contributed by atoms with Crippen LogP contribution in [0.25, 0.3) is 11.0 Å². The van der Waals surface area contributed by atoms with Crippen molar-refractivity contribution in [1.82, 2.24) is 9.47 Å². The number of fused-ring (bicyclic) bond motifs is 1. The largest absolute Gasteiger partial charge is 0.464 e. The molecule has 0 radical (unpaired) electrons.